The topological polar surface area (TPSA) is 66.5 Å². The van der Waals surface area contributed by atoms with Crippen LogP contribution in [0.4, 0.5) is 5.69 Å². The zero-order valence-electron chi connectivity index (χ0n) is 16.9. The summed E-state index contributed by atoms with van der Waals surface area (Å²) in [6.45, 7) is 2.17. The number of amides is 1. The second kappa shape index (κ2) is 8.19. The van der Waals surface area contributed by atoms with Crippen LogP contribution in [0.25, 0.3) is 11.1 Å². The van der Waals surface area contributed by atoms with Crippen molar-refractivity contribution in [3.63, 3.8) is 0 Å². The third-order valence-corrected chi connectivity index (χ3v) is 7.95. The van der Waals surface area contributed by atoms with Crippen LogP contribution in [0.5, 0.6) is 0 Å². The van der Waals surface area contributed by atoms with Gasteiger partial charge in [-0.2, -0.15) is 0 Å². The zero-order chi connectivity index (χ0) is 20.4. The summed E-state index contributed by atoms with van der Waals surface area (Å²) in [7, 11) is -3.58. The van der Waals surface area contributed by atoms with Gasteiger partial charge in [0.25, 0.3) is 15.9 Å². The Hall–Kier alpha value is -2.34. The summed E-state index contributed by atoms with van der Waals surface area (Å²) < 4.78 is 27.4. The lowest BCUT2D eigenvalue weighted by molar-refractivity contribution is 0.0930. The van der Waals surface area contributed by atoms with Crippen molar-refractivity contribution in [2.45, 2.75) is 62.8 Å². The molecule has 0 aromatic heterocycles. The highest BCUT2D eigenvalue weighted by Crippen LogP contribution is 2.43. The van der Waals surface area contributed by atoms with Crippen molar-refractivity contribution in [1.82, 2.24) is 5.32 Å². The largest absolute Gasteiger partial charge is 0.349 e. The molecule has 0 saturated heterocycles. The van der Waals surface area contributed by atoms with Crippen molar-refractivity contribution in [2.75, 3.05) is 10.8 Å². The molecular formula is C23H28N2O3S. The molecule has 2 aliphatic rings. The van der Waals surface area contributed by atoms with Crippen LogP contribution in [0.3, 0.4) is 0 Å². The smallest absolute Gasteiger partial charge is 0.264 e. The van der Waals surface area contributed by atoms with E-state index < -0.39 is 10.0 Å². The van der Waals surface area contributed by atoms with Crippen LogP contribution in [0.1, 0.15) is 62.2 Å². The van der Waals surface area contributed by atoms with E-state index in [4.69, 9.17) is 0 Å². The molecule has 4 rings (SSSR count). The fourth-order valence-electron chi connectivity index (χ4n) is 4.48. The summed E-state index contributed by atoms with van der Waals surface area (Å²) in [6, 6.07) is 12.6. The minimum Gasteiger partial charge on any atom is -0.349 e. The molecule has 0 spiro atoms. The maximum Gasteiger partial charge on any atom is 0.264 e. The van der Waals surface area contributed by atoms with Gasteiger partial charge in [-0.15, -0.1) is 0 Å². The number of carbonyl (C=O) groups excluding carboxylic acids is 1. The number of fused-ring (bicyclic) bond motifs is 3. The van der Waals surface area contributed by atoms with Crippen molar-refractivity contribution in [3.8, 4) is 11.1 Å². The first kappa shape index (κ1) is 20.0. The fraction of sp³-hybridized carbons (Fsp3) is 0.435. The Bertz CT molecular complexity index is 1010. The maximum atomic E-state index is 13.0. The van der Waals surface area contributed by atoms with Gasteiger partial charge < -0.3 is 5.32 Å². The van der Waals surface area contributed by atoms with Gasteiger partial charge in [0, 0.05) is 29.3 Å². The monoisotopic (exact) mass is 412 g/mol. The van der Waals surface area contributed by atoms with E-state index in [2.05, 4.69) is 5.32 Å². The van der Waals surface area contributed by atoms with E-state index in [9.17, 15) is 13.2 Å². The molecule has 0 atom stereocenters. The number of hydrogen-bond acceptors (Lipinski definition) is 3. The van der Waals surface area contributed by atoms with E-state index in [0.717, 1.165) is 31.2 Å². The summed E-state index contributed by atoms with van der Waals surface area (Å²) in [5.41, 5.74) is 2.67. The normalized spacial score (nSPS) is 18.9. The Labute approximate surface area is 173 Å². The van der Waals surface area contributed by atoms with Gasteiger partial charge in [0.15, 0.2) is 0 Å². The molecule has 1 N–H and O–H groups in total. The van der Waals surface area contributed by atoms with Crippen LogP contribution in [0.15, 0.2) is 47.4 Å². The third-order valence-electron chi connectivity index (χ3n) is 6.00. The molecule has 6 heteroatoms. The molecule has 2 aromatic carbocycles. The van der Waals surface area contributed by atoms with E-state index in [1.807, 2.05) is 25.1 Å². The highest BCUT2D eigenvalue weighted by molar-refractivity contribution is 7.93. The van der Waals surface area contributed by atoms with Gasteiger partial charge in [0.2, 0.25) is 0 Å². The minimum absolute atomic E-state index is 0.0765. The molecule has 154 valence electrons. The van der Waals surface area contributed by atoms with E-state index in [0.29, 0.717) is 28.3 Å². The first-order valence-corrected chi connectivity index (χ1v) is 12.0. The Kier molecular flexibility index (Phi) is 5.63. The van der Waals surface area contributed by atoms with Crippen LogP contribution < -0.4 is 9.62 Å². The number of anilines is 1. The average Bonchev–Trinajstić information content (AvgIpc) is 2.70. The van der Waals surface area contributed by atoms with Crippen molar-refractivity contribution in [3.05, 3.63) is 48.0 Å². The van der Waals surface area contributed by atoms with Gasteiger partial charge in [0.05, 0.1) is 10.6 Å². The molecule has 1 amide bonds. The summed E-state index contributed by atoms with van der Waals surface area (Å²) in [6.07, 6.45) is 8.15. The van der Waals surface area contributed by atoms with E-state index >= 15 is 0 Å². The van der Waals surface area contributed by atoms with Gasteiger partial charge >= 0.3 is 0 Å². The lowest BCUT2D eigenvalue weighted by atomic mass is 9.96. The predicted octanol–water partition coefficient (Wildman–Crippen LogP) is 4.72. The lowest BCUT2D eigenvalue weighted by Crippen LogP contribution is -2.36. The molecule has 5 nitrogen and oxygen atoms in total. The van der Waals surface area contributed by atoms with Crippen LogP contribution >= 0.6 is 0 Å². The number of hydrogen-bond donors (Lipinski definition) is 1. The van der Waals surface area contributed by atoms with Crippen molar-refractivity contribution in [1.29, 1.82) is 0 Å². The van der Waals surface area contributed by atoms with Crippen LogP contribution in [0, 0.1) is 0 Å². The standard InChI is InChI=1S/C23H28N2O3S/c1-2-25-21-15-14-17(23(26)24-18-10-6-4-3-5-7-11-18)16-20(21)19-12-8-9-13-22(19)29(25,27)28/h8-9,12-16,18H,2-7,10-11H2,1H3,(H,24,26). The summed E-state index contributed by atoms with van der Waals surface area (Å²) >= 11 is 0. The van der Waals surface area contributed by atoms with Crippen LogP contribution in [-0.4, -0.2) is 26.9 Å². The van der Waals surface area contributed by atoms with E-state index in [1.165, 1.54) is 23.6 Å². The summed E-state index contributed by atoms with van der Waals surface area (Å²) in [4.78, 5) is 13.2. The molecule has 0 radical (unpaired) electrons. The first-order valence-electron chi connectivity index (χ1n) is 10.6. The number of nitrogens with zero attached hydrogens (tertiary/aromatic N) is 1. The summed E-state index contributed by atoms with van der Waals surface area (Å²) in [5, 5.41) is 3.20. The molecule has 2 aromatic rings. The molecule has 0 unspecified atom stereocenters. The van der Waals surface area contributed by atoms with Gasteiger partial charge in [-0.05, 0) is 44.0 Å². The van der Waals surface area contributed by atoms with Gasteiger partial charge in [-0.25, -0.2) is 8.42 Å². The van der Waals surface area contributed by atoms with E-state index in [-0.39, 0.29) is 11.9 Å². The Morgan fingerprint density at radius 1 is 1.00 bits per heavy atom. The van der Waals surface area contributed by atoms with Crippen LogP contribution in [-0.2, 0) is 10.0 Å². The highest BCUT2D eigenvalue weighted by Gasteiger charge is 2.34. The number of benzene rings is 2. The third kappa shape index (κ3) is 3.78. The second-order valence-electron chi connectivity index (χ2n) is 7.91. The first-order chi connectivity index (χ1) is 14.0. The molecule has 1 saturated carbocycles. The second-order valence-corrected chi connectivity index (χ2v) is 9.74. The van der Waals surface area contributed by atoms with Crippen molar-refractivity contribution >= 4 is 21.6 Å². The molecule has 0 bridgehead atoms. The SMILES string of the molecule is CCN1c2ccc(C(=O)NC3CCCCCCC3)cc2-c2ccccc2S1(=O)=O. The number of nitrogens with one attached hydrogen (secondary N) is 1. The molecule has 29 heavy (non-hydrogen) atoms. The molecule has 1 heterocycles. The molecule has 1 aliphatic heterocycles. The maximum absolute atomic E-state index is 13.0. The minimum atomic E-state index is -3.58. The fourth-order valence-corrected chi connectivity index (χ4v) is 6.18. The number of rotatable bonds is 3. The quantitative estimate of drug-likeness (QED) is 0.793. The van der Waals surface area contributed by atoms with Gasteiger partial charge in [0.1, 0.15) is 0 Å². The zero-order valence-corrected chi connectivity index (χ0v) is 17.7. The Balaban J connectivity index is 1.67. The Morgan fingerprint density at radius 3 is 2.41 bits per heavy atom. The highest BCUT2D eigenvalue weighted by atomic mass is 32.2. The number of carbonyl (C=O) groups is 1. The molecule has 1 aliphatic carbocycles. The number of sulfonamides is 1. The predicted molar refractivity (Wildman–Crippen MR) is 116 cm³/mol. The molecular weight excluding hydrogens is 384 g/mol. The summed E-state index contributed by atoms with van der Waals surface area (Å²) in [5.74, 6) is -0.0765. The van der Waals surface area contributed by atoms with Crippen molar-refractivity contribution in [2.24, 2.45) is 0 Å². The lowest BCUT2D eigenvalue weighted by Gasteiger charge is -2.31. The Morgan fingerprint density at radius 2 is 1.69 bits per heavy atom. The van der Waals surface area contributed by atoms with Crippen LogP contribution in [0.2, 0.25) is 0 Å². The average molecular weight is 413 g/mol. The molecule has 1 fully saturated rings. The van der Waals surface area contributed by atoms with Crippen molar-refractivity contribution < 1.29 is 13.2 Å². The van der Waals surface area contributed by atoms with E-state index in [1.54, 1.807) is 24.3 Å². The van der Waals surface area contributed by atoms with Gasteiger partial charge in [-0.3, -0.25) is 9.10 Å². The van der Waals surface area contributed by atoms with Gasteiger partial charge in [-0.1, -0.05) is 50.3 Å².